The van der Waals surface area contributed by atoms with Gasteiger partial charge < -0.3 is 39.6 Å². The number of piperidine rings is 4. The van der Waals surface area contributed by atoms with Crippen molar-refractivity contribution < 1.29 is 48.8 Å². The molecular formula is C45H59N2O9+. The number of esters is 2. The minimum Gasteiger partial charge on any atom is -0.458 e. The van der Waals surface area contributed by atoms with Crippen LogP contribution in [0.15, 0.2) is 35.9 Å². The summed E-state index contributed by atoms with van der Waals surface area (Å²) in [5.74, 6) is -0.852. The van der Waals surface area contributed by atoms with E-state index in [1.165, 1.54) is 5.56 Å². The number of benzene rings is 1. The lowest BCUT2D eigenvalue weighted by Crippen LogP contribution is -2.83. The van der Waals surface area contributed by atoms with E-state index < -0.39 is 45.9 Å². The molecule has 5 saturated carbocycles. The first-order valence-electron chi connectivity index (χ1n) is 21.8. The van der Waals surface area contributed by atoms with Gasteiger partial charge in [-0.3, -0.25) is 4.48 Å². The number of hydrogen-bond acceptors (Lipinski definition) is 10. The Morgan fingerprint density at radius 2 is 1.82 bits per heavy atom. The van der Waals surface area contributed by atoms with Crippen LogP contribution in [0.25, 0.3) is 0 Å². The lowest BCUT2D eigenvalue weighted by Gasteiger charge is -2.67. The normalized spacial score (nSPS) is 54.1. The number of fused-ring (bicyclic) bond motifs is 7. The average molecular weight is 772 g/mol. The topological polar surface area (TPSA) is 154 Å². The molecule has 56 heavy (non-hydrogen) atoms. The molecule has 12 rings (SSSR count). The number of likely N-dealkylation sites (N-methyl/N-ethyl adjacent to an activating group) is 1. The van der Waals surface area contributed by atoms with Crippen molar-refractivity contribution in [2.45, 2.75) is 144 Å². The van der Waals surface area contributed by atoms with Crippen LogP contribution < -0.4 is 4.90 Å². The van der Waals surface area contributed by atoms with E-state index in [9.17, 15) is 34.8 Å². The Labute approximate surface area is 329 Å². The molecule has 11 nitrogen and oxygen atoms in total. The Morgan fingerprint density at radius 1 is 1.04 bits per heavy atom. The zero-order valence-electron chi connectivity index (χ0n) is 33.0. The number of aliphatic hydroxyl groups is 4. The van der Waals surface area contributed by atoms with Gasteiger partial charge in [-0.1, -0.05) is 32.0 Å². The van der Waals surface area contributed by atoms with Crippen LogP contribution in [0, 0.1) is 46.3 Å². The van der Waals surface area contributed by atoms with Gasteiger partial charge in [-0.05, 0) is 98.7 Å². The third kappa shape index (κ3) is 3.92. The Kier molecular flexibility index (Phi) is 7.42. The van der Waals surface area contributed by atoms with E-state index >= 15 is 0 Å². The summed E-state index contributed by atoms with van der Waals surface area (Å²) in [5.41, 5.74) is -1.04. The van der Waals surface area contributed by atoms with E-state index in [0.717, 1.165) is 43.2 Å². The van der Waals surface area contributed by atoms with Crippen LogP contribution in [0.1, 0.15) is 96.5 Å². The number of hydrogen-bond donors (Lipinski definition) is 4. The molecule has 6 aliphatic heterocycles. The van der Waals surface area contributed by atoms with Gasteiger partial charge in [0.05, 0.1) is 40.2 Å². The van der Waals surface area contributed by atoms with Gasteiger partial charge in [-0.25, -0.2) is 9.59 Å². The van der Waals surface area contributed by atoms with Crippen LogP contribution in [-0.4, -0.2) is 111 Å². The highest BCUT2D eigenvalue weighted by Crippen LogP contribution is 2.73. The summed E-state index contributed by atoms with van der Waals surface area (Å²) in [6, 6.07) is 8.28. The van der Waals surface area contributed by atoms with E-state index in [0.29, 0.717) is 44.9 Å². The lowest BCUT2D eigenvalue weighted by atomic mass is 9.41. The van der Waals surface area contributed by atoms with E-state index in [1.54, 1.807) is 6.08 Å². The predicted molar refractivity (Wildman–Crippen MR) is 202 cm³/mol. The number of carbonyl (C=O) groups excluding carboxylic acids is 3. The summed E-state index contributed by atoms with van der Waals surface area (Å²) >= 11 is 0. The number of aldehydes is 1. The van der Waals surface area contributed by atoms with Crippen LogP contribution in [0.3, 0.4) is 0 Å². The van der Waals surface area contributed by atoms with E-state index in [1.807, 2.05) is 6.07 Å². The van der Waals surface area contributed by atoms with E-state index in [-0.39, 0.29) is 89.6 Å². The van der Waals surface area contributed by atoms with Gasteiger partial charge in [0, 0.05) is 55.3 Å². The Hall–Kier alpha value is -2.83. The van der Waals surface area contributed by atoms with Gasteiger partial charge >= 0.3 is 11.9 Å². The van der Waals surface area contributed by atoms with Crippen molar-refractivity contribution in [2.24, 2.45) is 46.3 Å². The number of aliphatic hydroxyl groups excluding tert-OH is 2. The first kappa shape index (κ1) is 36.3. The number of carbonyl (C=O) groups is 3. The molecule has 1 aromatic rings. The molecule has 5 aliphatic carbocycles. The average Bonchev–Trinajstić information content (AvgIpc) is 3.86. The SMILES string of the molecule is CCC1C2CC3C4N(C)c5ccccc5C45CC(C2C5O)[N+]3(CC(=O)OC2CCC3(C=O)[C@H]4CCC5(C)C(C6=CC(=O)OC6)CCC5(O)[C@@H]4CCC3(O)C2)[C@@H]1O. The van der Waals surface area contributed by atoms with Crippen LogP contribution >= 0.6 is 0 Å². The zero-order chi connectivity index (χ0) is 38.9. The number of anilines is 1. The van der Waals surface area contributed by atoms with Crippen LogP contribution in [0.5, 0.6) is 0 Å². The molecule has 11 aliphatic rings. The van der Waals surface area contributed by atoms with Gasteiger partial charge in [0.1, 0.15) is 25.0 Å². The number of nitrogens with zero attached hydrogens (tertiary/aromatic N) is 2. The molecule has 1 spiro atoms. The minimum atomic E-state index is -1.37. The molecule has 11 heteroatoms. The van der Waals surface area contributed by atoms with Crippen LogP contribution in [0.2, 0.25) is 0 Å². The first-order chi connectivity index (χ1) is 26.7. The summed E-state index contributed by atoms with van der Waals surface area (Å²) in [4.78, 5) is 42.3. The standard InChI is InChI=1S/C45H59N2O9/c1-4-26-27-18-33-38-44(31-7-5-6-8-32(31)46(38)3)20-34(37(27)39(44)51)47(33,40(26)52)21-36(50)56-25-9-14-42(23-48)29-10-13-41(2)28(24-17-35(49)55-22-24)12-16-45(41,54)30(29)11-15-43(42,53)19-25/h5-8,17,23,25-30,33-34,37-40,51-54H,4,9-16,18-22H2,1-3H3/q+1/t25?,26?,27?,28?,29-,30+,33?,34?,37?,38?,39?,40+,41?,42?,43?,44?,45?,47?/m0/s1. The van der Waals surface area contributed by atoms with E-state index in [4.69, 9.17) is 9.47 Å². The second-order valence-corrected chi connectivity index (χ2v) is 20.6. The zero-order valence-corrected chi connectivity index (χ0v) is 33.0. The van der Waals surface area contributed by atoms with Crippen molar-refractivity contribution in [3.63, 3.8) is 0 Å². The molecule has 1 aromatic carbocycles. The summed E-state index contributed by atoms with van der Waals surface area (Å²) in [6.45, 7) is 4.56. The molecule has 15 unspecified atom stereocenters. The lowest BCUT2D eigenvalue weighted by molar-refractivity contribution is -1.03. The Bertz CT molecular complexity index is 1940. The highest BCUT2D eigenvalue weighted by molar-refractivity contribution is 5.85. The monoisotopic (exact) mass is 771 g/mol. The minimum absolute atomic E-state index is 0.0104. The van der Waals surface area contributed by atoms with Gasteiger partial charge in [-0.2, -0.15) is 0 Å². The largest absolute Gasteiger partial charge is 0.458 e. The second-order valence-electron chi connectivity index (χ2n) is 20.6. The molecular weight excluding hydrogens is 713 g/mol. The van der Waals surface area contributed by atoms with Crippen LogP contribution in [0.4, 0.5) is 5.69 Å². The third-order valence-corrected chi connectivity index (χ3v) is 19.6. The molecule has 0 amide bonds. The molecule has 5 bridgehead atoms. The molecule has 0 aromatic heterocycles. The molecule has 302 valence electrons. The van der Waals surface area contributed by atoms with Crippen molar-refractivity contribution in [3.8, 4) is 0 Å². The van der Waals surface area contributed by atoms with Crippen molar-refractivity contribution in [1.82, 2.24) is 0 Å². The van der Waals surface area contributed by atoms with Crippen molar-refractivity contribution in [2.75, 3.05) is 25.1 Å². The summed E-state index contributed by atoms with van der Waals surface area (Å²) in [5, 5.41) is 50.1. The highest BCUT2D eigenvalue weighted by Gasteiger charge is 2.83. The highest BCUT2D eigenvalue weighted by atomic mass is 16.5. The summed E-state index contributed by atoms with van der Waals surface area (Å²) in [7, 11) is 2.11. The van der Waals surface area contributed by atoms with Gasteiger partial charge in [-0.15, -0.1) is 0 Å². The number of quaternary nitrogens is 1. The smallest absolute Gasteiger partial charge is 0.362 e. The maximum Gasteiger partial charge on any atom is 0.362 e. The van der Waals surface area contributed by atoms with Crippen LogP contribution in [-0.2, 0) is 29.3 Å². The predicted octanol–water partition coefficient (Wildman–Crippen LogP) is 3.53. The van der Waals surface area contributed by atoms with Crippen molar-refractivity contribution in [1.29, 1.82) is 0 Å². The fourth-order valence-corrected chi connectivity index (χ4v) is 17.6. The molecule has 9 fully saturated rings. The molecule has 18 atom stereocenters. The quantitative estimate of drug-likeness (QED) is 0.192. The molecule has 4 N–H and O–H groups in total. The third-order valence-electron chi connectivity index (χ3n) is 19.6. The first-order valence-corrected chi connectivity index (χ1v) is 21.8. The number of rotatable bonds is 6. The Morgan fingerprint density at radius 3 is 2.57 bits per heavy atom. The van der Waals surface area contributed by atoms with Gasteiger partial charge in [0.2, 0.25) is 0 Å². The van der Waals surface area contributed by atoms with Gasteiger partial charge in [0.15, 0.2) is 12.8 Å². The second kappa shape index (κ2) is 11.5. The number of para-hydroxylation sites is 1. The molecule has 0 radical (unpaired) electrons. The fourth-order valence-electron chi connectivity index (χ4n) is 17.6. The van der Waals surface area contributed by atoms with Gasteiger partial charge in [0.25, 0.3) is 0 Å². The summed E-state index contributed by atoms with van der Waals surface area (Å²) in [6.07, 6.45) is 7.72. The number of ether oxygens (including phenoxy) is 2. The van der Waals surface area contributed by atoms with E-state index in [2.05, 4.69) is 44.0 Å². The summed E-state index contributed by atoms with van der Waals surface area (Å²) < 4.78 is 11.9. The molecule has 4 saturated heterocycles. The number of cyclic esters (lactones) is 1. The maximum atomic E-state index is 14.5. The van der Waals surface area contributed by atoms with Crippen molar-refractivity contribution in [3.05, 3.63) is 41.5 Å². The van der Waals surface area contributed by atoms with Crippen molar-refractivity contribution >= 4 is 23.9 Å². The maximum absolute atomic E-state index is 14.5. The molecule has 6 heterocycles. The Balaban J connectivity index is 0.854. The fraction of sp³-hybridized carbons (Fsp3) is 0.756.